The van der Waals surface area contributed by atoms with Crippen LogP contribution in [0.5, 0.6) is 11.5 Å². The molecular formula is C25H23N2O5+. The molecule has 0 saturated carbocycles. The van der Waals surface area contributed by atoms with Crippen LogP contribution in [-0.2, 0) is 16.1 Å². The van der Waals surface area contributed by atoms with Crippen molar-refractivity contribution in [3.63, 3.8) is 0 Å². The number of ketones is 1. The van der Waals surface area contributed by atoms with Gasteiger partial charge in [-0.1, -0.05) is 12.1 Å². The number of carbonyl (C=O) groups excluding carboxylic acids is 2. The second kappa shape index (κ2) is 8.93. The maximum atomic E-state index is 13.1. The molecule has 1 amide bonds. The molecule has 1 unspecified atom stereocenters. The van der Waals surface area contributed by atoms with E-state index in [1.807, 2.05) is 12.1 Å². The number of nitrogens with one attached hydrogen (secondary N) is 1. The van der Waals surface area contributed by atoms with E-state index >= 15 is 0 Å². The van der Waals surface area contributed by atoms with E-state index in [0.29, 0.717) is 22.6 Å². The Hall–Kier alpha value is -4.13. The third-order valence-corrected chi connectivity index (χ3v) is 5.48. The lowest BCUT2D eigenvalue weighted by molar-refractivity contribution is -0.378. The maximum Gasteiger partial charge on any atom is 0.295 e. The van der Waals surface area contributed by atoms with Crippen LogP contribution in [0.4, 0.5) is 0 Å². The third-order valence-electron chi connectivity index (χ3n) is 5.48. The topological polar surface area (TPSA) is 90.2 Å². The first-order chi connectivity index (χ1) is 15.5. The summed E-state index contributed by atoms with van der Waals surface area (Å²) >= 11 is 0. The van der Waals surface area contributed by atoms with Crippen LogP contribution in [0.3, 0.4) is 0 Å². The van der Waals surface area contributed by atoms with E-state index in [1.165, 1.54) is 4.90 Å². The normalized spacial score (nSPS) is 17.4. The van der Waals surface area contributed by atoms with Crippen molar-refractivity contribution in [1.82, 2.24) is 4.90 Å². The van der Waals surface area contributed by atoms with Gasteiger partial charge < -0.3 is 19.5 Å². The first-order valence-electron chi connectivity index (χ1n) is 10.0. The van der Waals surface area contributed by atoms with Crippen molar-refractivity contribution >= 4 is 17.4 Å². The molecule has 0 bridgehead atoms. The van der Waals surface area contributed by atoms with Gasteiger partial charge in [-0.2, -0.15) is 0 Å². The molecule has 1 aliphatic heterocycles. The third kappa shape index (κ3) is 3.92. The first-order valence-corrected chi connectivity index (χ1v) is 10.0. The Balaban J connectivity index is 1.83. The molecule has 162 valence electrons. The van der Waals surface area contributed by atoms with Crippen molar-refractivity contribution in [2.24, 2.45) is 0 Å². The molecular weight excluding hydrogens is 408 g/mol. The number of methoxy groups -OCH3 is 2. The van der Waals surface area contributed by atoms with Crippen LogP contribution in [0, 0.1) is 0 Å². The minimum Gasteiger partial charge on any atom is -0.507 e. The van der Waals surface area contributed by atoms with Gasteiger partial charge in [0, 0.05) is 24.2 Å². The Morgan fingerprint density at radius 1 is 0.906 bits per heavy atom. The number of aliphatic hydroxyl groups is 1. The number of benzene rings is 2. The average molecular weight is 431 g/mol. The second-order valence-corrected chi connectivity index (χ2v) is 7.34. The van der Waals surface area contributed by atoms with Gasteiger partial charge in [-0.3, -0.25) is 9.59 Å². The monoisotopic (exact) mass is 431 g/mol. The van der Waals surface area contributed by atoms with E-state index in [-0.39, 0.29) is 17.9 Å². The molecule has 2 N–H and O–H groups in total. The summed E-state index contributed by atoms with van der Waals surface area (Å²) in [4.78, 5) is 30.6. The zero-order chi connectivity index (χ0) is 22.7. The molecule has 1 atom stereocenters. The van der Waals surface area contributed by atoms with E-state index in [1.54, 1.807) is 75.1 Å². The van der Waals surface area contributed by atoms with Crippen LogP contribution in [0.15, 0.2) is 78.6 Å². The lowest BCUT2D eigenvalue weighted by Gasteiger charge is -2.25. The highest BCUT2D eigenvalue weighted by Gasteiger charge is 2.46. The van der Waals surface area contributed by atoms with Gasteiger partial charge in [0.25, 0.3) is 11.7 Å². The highest BCUT2D eigenvalue weighted by Crippen LogP contribution is 2.40. The van der Waals surface area contributed by atoms with Gasteiger partial charge >= 0.3 is 0 Å². The quantitative estimate of drug-likeness (QED) is 0.368. The number of aliphatic hydroxyl groups excluding tert-OH is 1. The fraction of sp³-hybridized carbons (Fsp3) is 0.160. The van der Waals surface area contributed by atoms with Gasteiger partial charge in [0.05, 0.1) is 25.8 Å². The number of Topliss-reactive ketones (excluding diaryl/α,β-unsaturated/α-hetero) is 1. The number of hydrogen-bond acceptors (Lipinski definition) is 5. The number of carbonyl (C=O) groups is 2. The molecule has 7 nitrogen and oxygen atoms in total. The Bertz CT molecular complexity index is 1160. The van der Waals surface area contributed by atoms with Crippen LogP contribution in [0.25, 0.3) is 5.76 Å². The Labute approximate surface area is 185 Å². The van der Waals surface area contributed by atoms with Crippen molar-refractivity contribution < 1.29 is 29.2 Å². The number of aromatic amines is 1. The van der Waals surface area contributed by atoms with E-state index in [4.69, 9.17) is 9.47 Å². The molecule has 1 aliphatic rings. The smallest absolute Gasteiger partial charge is 0.295 e. The molecule has 1 saturated heterocycles. The number of hydrogen-bond donors (Lipinski definition) is 1. The fourth-order valence-electron chi connectivity index (χ4n) is 3.80. The summed E-state index contributed by atoms with van der Waals surface area (Å²) in [6.07, 6.45) is 3.51. The van der Waals surface area contributed by atoms with Gasteiger partial charge in [-0.25, -0.2) is 4.98 Å². The van der Waals surface area contributed by atoms with Crippen molar-refractivity contribution in [2.75, 3.05) is 14.2 Å². The van der Waals surface area contributed by atoms with Crippen LogP contribution in [0.2, 0.25) is 0 Å². The van der Waals surface area contributed by atoms with E-state index in [2.05, 4.69) is 4.98 Å². The Morgan fingerprint density at radius 3 is 2.03 bits per heavy atom. The lowest BCUT2D eigenvalue weighted by atomic mass is 9.95. The van der Waals surface area contributed by atoms with Gasteiger partial charge in [0.15, 0.2) is 12.4 Å². The molecule has 0 radical (unpaired) electrons. The van der Waals surface area contributed by atoms with Crippen molar-refractivity contribution in [3.8, 4) is 11.5 Å². The van der Waals surface area contributed by atoms with E-state index in [0.717, 1.165) is 5.56 Å². The summed E-state index contributed by atoms with van der Waals surface area (Å²) in [5, 5.41) is 11.1. The first kappa shape index (κ1) is 21.1. The van der Waals surface area contributed by atoms with Crippen molar-refractivity contribution in [1.29, 1.82) is 0 Å². The molecule has 3 aromatic rings. The summed E-state index contributed by atoms with van der Waals surface area (Å²) < 4.78 is 10.4. The minimum absolute atomic E-state index is 0.0489. The number of pyridine rings is 1. The van der Waals surface area contributed by atoms with Crippen molar-refractivity contribution in [2.45, 2.75) is 12.6 Å². The summed E-state index contributed by atoms with van der Waals surface area (Å²) in [5.41, 5.74) is 2.03. The van der Waals surface area contributed by atoms with Gasteiger partial charge in [0.1, 0.15) is 17.3 Å². The van der Waals surface area contributed by atoms with Gasteiger partial charge in [-0.15, -0.1) is 0 Å². The molecule has 2 heterocycles. The van der Waals surface area contributed by atoms with Crippen LogP contribution >= 0.6 is 0 Å². The van der Waals surface area contributed by atoms with Crippen molar-refractivity contribution in [3.05, 3.63) is 95.3 Å². The molecule has 1 aromatic heterocycles. The summed E-state index contributed by atoms with van der Waals surface area (Å²) in [7, 11) is 3.11. The minimum atomic E-state index is -0.743. The number of H-pyrrole nitrogens is 1. The average Bonchev–Trinajstić information content (AvgIpc) is 3.09. The zero-order valence-corrected chi connectivity index (χ0v) is 17.7. The number of rotatable bonds is 6. The number of nitrogens with zero attached hydrogens (tertiary/aromatic N) is 1. The molecule has 0 aliphatic carbocycles. The fourth-order valence-corrected chi connectivity index (χ4v) is 3.80. The zero-order valence-electron chi connectivity index (χ0n) is 17.7. The summed E-state index contributed by atoms with van der Waals surface area (Å²) in [6, 6.07) is 16.7. The predicted molar refractivity (Wildman–Crippen MR) is 117 cm³/mol. The molecule has 7 heteroatoms. The van der Waals surface area contributed by atoms with E-state index in [9.17, 15) is 14.7 Å². The molecule has 4 rings (SSSR count). The molecule has 32 heavy (non-hydrogen) atoms. The Morgan fingerprint density at radius 2 is 1.47 bits per heavy atom. The number of aromatic nitrogens is 1. The van der Waals surface area contributed by atoms with E-state index < -0.39 is 17.7 Å². The predicted octanol–water partition coefficient (Wildman–Crippen LogP) is 3.14. The largest absolute Gasteiger partial charge is 0.507 e. The van der Waals surface area contributed by atoms with Gasteiger partial charge in [-0.05, 0) is 47.5 Å². The molecule has 0 spiro atoms. The lowest BCUT2D eigenvalue weighted by Crippen LogP contribution is -2.29. The van der Waals surface area contributed by atoms with Crippen LogP contribution in [0.1, 0.15) is 22.7 Å². The number of ether oxygens (including phenoxy) is 2. The standard InChI is InChI=1S/C25H22N2O5/c1-31-19-7-3-17(4-8-19)22-21(23(28)18-5-9-20(32-2)10-6-18)24(29)25(30)27(22)15-16-11-13-26-14-12-16/h3-14,22,28H,15H2,1-2H3/p+1. The highest BCUT2D eigenvalue weighted by molar-refractivity contribution is 6.46. The molecule has 1 fully saturated rings. The maximum absolute atomic E-state index is 13.1. The summed E-state index contributed by atoms with van der Waals surface area (Å²) in [6.45, 7) is 0.218. The van der Waals surface area contributed by atoms with Crippen LogP contribution in [-0.4, -0.2) is 35.9 Å². The van der Waals surface area contributed by atoms with Crippen LogP contribution < -0.4 is 14.5 Å². The van der Waals surface area contributed by atoms with Gasteiger partial charge in [0.2, 0.25) is 0 Å². The molecule has 2 aromatic carbocycles. The number of amides is 1. The Kier molecular flexibility index (Phi) is 5.89. The summed E-state index contributed by atoms with van der Waals surface area (Å²) in [5.74, 6) is -0.333. The number of likely N-dealkylation sites (tertiary alicyclic amines) is 1. The highest BCUT2D eigenvalue weighted by atomic mass is 16.5. The second-order valence-electron chi connectivity index (χ2n) is 7.34. The SMILES string of the molecule is COc1ccc(C(O)=C2C(=O)C(=O)N(Cc3cc[nH+]cc3)C2c2ccc(OC)cc2)cc1.